The maximum Gasteiger partial charge on any atom is 0.315 e. The van der Waals surface area contributed by atoms with Gasteiger partial charge in [-0.3, -0.25) is 14.4 Å². The van der Waals surface area contributed by atoms with Crippen LogP contribution in [-0.4, -0.2) is 66.5 Å². The lowest BCUT2D eigenvalue weighted by atomic mass is 10.0. The molecule has 2 aliphatic rings. The predicted molar refractivity (Wildman–Crippen MR) is 179 cm³/mol. The number of benzene rings is 2. The quantitative estimate of drug-likeness (QED) is 0.122. The Hall–Kier alpha value is -3.28. The molecular weight excluding hydrogens is 616 g/mol. The van der Waals surface area contributed by atoms with E-state index in [1.54, 1.807) is 50.2 Å². The van der Waals surface area contributed by atoms with Crippen molar-refractivity contribution in [3.63, 3.8) is 0 Å². The number of ketones is 1. The van der Waals surface area contributed by atoms with E-state index in [4.69, 9.17) is 21.1 Å². The third-order valence-corrected chi connectivity index (χ3v) is 9.73. The average Bonchev–Trinajstić information content (AvgIpc) is 3.56. The molecule has 2 saturated heterocycles. The molecule has 1 unspecified atom stereocenters. The van der Waals surface area contributed by atoms with Gasteiger partial charge in [-0.2, -0.15) is 11.8 Å². The minimum Gasteiger partial charge on any atom is -0.489 e. The number of hydrogen-bond donors (Lipinski definition) is 4. The van der Waals surface area contributed by atoms with Crippen molar-refractivity contribution in [2.24, 2.45) is 5.92 Å². The number of anilines is 2. The molecule has 45 heavy (non-hydrogen) atoms. The molecule has 2 heterocycles. The van der Waals surface area contributed by atoms with Crippen molar-refractivity contribution in [1.82, 2.24) is 10.6 Å². The summed E-state index contributed by atoms with van der Waals surface area (Å²) >= 11 is 7.99. The summed E-state index contributed by atoms with van der Waals surface area (Å²) in [6.07, 6.45) is 4.53. The van der Waals surface area contributed by atoms with Crippen LogP contribution in [-0.2, 0) is 14.3 Å². The van der Waals surface area contributed by atoms with E-state index >= 15 is 0 Å². The van der Waals surface area contributed by atoms with Gasteiger partial charge in [0.1, 0.15) is 18.1 Å². The van der Waals surface area contributed by atoms with Crippen LogP contribution in [0.1, 0.15) is 68.3 Å². The topological polar surface area (TPSA) is 135 Å². The first-order valence-electron chi connectivity index (χ1n) is 15.5. The van der Waals surface area contributed by atoms with Gasteiger partial charge in [-0.25, -0.2) is 4.79 Å². The molecule has 0 aliphatic carbocycles. The van der Waals surface area contributed by atoms with E-state index in [2.05, 4.69) is 21.3 Å². The number of thioether (sulfide) groups is 1. The zero-order valence-corrected chi connectivity index (χ0v) is 27.7. The van der Waals surface area contributed by atoms with Crippen LogP contribution in [0, 0.1) is 12.8 Å². The number of ether oxygens (including phenoxy) is 2. The maximum absolute atomic E-state index is 12.9. The number of fused-ring (bicyclic) bond motifs is 1. The van der Waals surface area contributed by atoms with Crippen molar-refractivity contribution in [3.8, 4) is 5.75 Å². The van der Waals surface area contributed by atoms with E-state index in [9.17, 15) is 19.2 Å². The number of unbranched alkanes of at least 4 members (excludes halogenated alkanes) is 1. The summed E-state index contributed by atoms with van der Waals surface area (Å²) in [6.45, 7) is 6.43. The zero-order chi connectivity index (χ0) is 32.3. The van der Waals surface area contributed by atoms with Crippen molar-refractivity contribution >= 4 is 58.4 Å². The first-order chi connectivity index (χ1) is 21.6. The van der Waals surface area contributed by atoms with E-state index < -0.39 is 0 Å². The Kier molecular flexibility index (Phi) is 13.0. The van der Waals surface area contributed by atoms with E-state index in [0.29, 0.717) is 65.4 Å². The number of Topliss-reactive ketones (excluding diaryl/α,β-unsaturated/α-hetero) is 1. The number of rotatable bonds is 17. The van der Waals surface area contributed by atoms with Crippen molar-refractivity contribution < 1.29 is 28.7 Å². The lowest BCUT2D eigenvalue weighted by Gasteiger charge is -2.16. The highest BCUT2D eigenvalue weighted by Gasteiger charge is 2.42. The lowest BCUT2D eigenvalue weighted by molar-refractivity contribution is -0.120. The van der Waals surface area contributed by atoms with Crippen LogP contribution in [0.25, 0.3) is 0 Å². The Balaban J connectivity index is 1.14. The molecule has 10 nitrogen and oxygen atoms in total. The summed E-state index contributed by atoms with van der Waals surface area (Å²) in [5.41, 5.74) is 2.22. The second kappa shape index (κ2) is 16.9. The minimum atomic E-state index is -0.330. The Morgan fingerprint density at radius 3 is 2.58 bits per heavy atom. The van der Waals surface area contributed by atoms with Gasteiger partial charge in [0.05, 0.1) is 24.4 Å². The second-order valence-corrected chi connectivity index (χ2v) is 13.4. The first kappa shape index (κ1) is 34.6. The van der Waals surface area contributed by atoms with E-state index in [1.807, 2.05) is 18.7 Å². The smallest absolute Gasteiger partial charge is 0.315 e. The maximum atomic E-state index is 12.9. The third-order valence-electron chi connectivity index (χ3n) is 7.80. The summed E-state index contributed by atoms with van der Waals surface area (Å²) < 4.78 is 11.6. The number of carbonyl (C=O) groups is 4. The fraction of sp³-hybridized carbons (Fsp3) is 0.515. The highest BCUT2D eigenvalue weighted by atomic mass is 35.5. The molecule has 0 saturated carbocycles. The van der Waals surface area contributed by atoms with Crippen LogP contribution in [0.4, 0.5) is 16.2 Å². The van der Waals surface area contributed by atoms with Gasteiger partial charge in [-0.15, -0.1) is 0 Å². The van der Waals surface area contributed by atoms with Gasteiger partial charge in [-0.05, 0) is 68.1 Å². The summed E-state index contributed by atoms with van der Waals surface area (Å²) in [7, 11) is 0. The van der Waals surface area contributed by atoms with Crippen LogP contribution in [0.2, 0.25) is 5.02 Å². The Labute approximate surface area is 274 Å². The number of halogens is 1. The van der Waals surface area contributed by atoms with Gasteiger partial charge in [0.25, 0.3) is 5.91 Å². The van der Waals surface area contributed by atoms with Gasteiger partial charge >= 0.3 is 6.03 Å². The molecule has 2 aromatic rings. The van der Waals surface area contributed by atoms with Crippen LogP contribution in [0.5, 0.6) is 5.75 Å². The number of nitrogens with one attached hydrogen (secondary N) is 4. The van der Waals surface area contributed by atoms with Crippen molar-refractivity contribution in [2.75, 3.05) is 36.2 Å². The van der Waals surface area contributed by atoms with E-state index in [0.717, 1.165) is 30.6 Å². The van der Waals surface area contributed by atoms with Gasteiger partial charge < -0.3 is 30.7 Å². The Bertz CT molecular complexity index is 1370. The fourth-order valence-corrected chi connectivity index (χ4v) is 6.88. The summed E-state index contributed by atoms with van der Waals surface area (Å²) in [6, 6.07) is 10.5. The molecule has 12 heteroatoms. The summed E-state index contributed by atoms with van der Waals surface area (Å²) in [5.74, 6) is 0.834. The molecule has 4 amide bonds. The van der Waals surface area contributed by atoms with Crippen LogP contribution in [0.3, 0.4) is 0 Å². The molecule has 3 atom stereocenters. The highest BCUT2D eigenvalue weighted by Crippen LogP contribution is 2.33. The zero-order valence-electron chi connectivity index (χ0n) is 26.1. The molecule has 2 aromatic carbocycles. The number of carbonyl (C=O) groups excluding carboxylic acids is 4. The second-order valence-electron chi connectivity index (χ2n) is 11.7. The van der Waals surface area contributed by atoms with Crippen LogP contribution >= 0.6 is 23.4 Å². The molecular formula is C33H43ClN4O6S. The highest BCUT2D eigenvalue weighted by molar-refractivity contribution is 8.00. The van der Waals surface area contributed by atoms with Crippen molar-refractivity contribution in [3.05, 3.63) is 52.5 Å². The molecule has 2 fully saturated rings. The third kappa shape index (κ3) is 10.4. The largest absolute Gasteiger partial charge is 0.489 e. The standard InChI is InChI=1S/C33H43ClN4O6S/c1-20(2)31(40)36-26-18-22(32(41)35-23-11-12-25(34)21(3)17-23)10-13-28(26)44-16-15-43-14-6-8-24(39)7-4-5-9-29-30-27(19-45-29)37-33(42)38-30/h10-13,17-18,20,27,29-30H,4-9,14-16,19H2,1-3H3,(H,35,41)(H,36,40)(H2,37,38,42)/t27-,29?,30+/m1/s1. The molecule has 2 aliphatic heterocycles. The first-order valence-corrected chi connectivity index (χ1v) is 17.0. The normalized spacial score (nSPS) is 18.7. The average molecular weight is 659 g/mol. The van der Waals surface area contributed by atoms with Crippen LogP contribution in [0.15, 0.2) is 36.4 Å². The Morgan fingerprint density at radius 2 is 1.80 bits per heavy atom. The lowest BCUT2D eigenvalue weighted by Crippen LogP contribution is -2.36. The van der Waals surface area contributed by atoms with Gasteiger partial charge in [-0.1, -0.05) is 31.9 Å². The van der Waals surface area contributed by atoms with Crippen LogP contribution < -0.4 is 26.0 Å². The number of hydrogen-bond acceptors (Lipinski definition) is 7. The SMILES string of the molecule is Cc1cc(NC(=O)c2ccc(OCCOCCCC(=O)CCCCC3SC[C@H]4NC(=O)N[C@H]34)c(NC(=O)C(C)C)c2)ccc1Cl. The fourth-order valence-electron chi connectivity index (χ4n) is 5.22. The van der Waals surface area contributed by atoms with E-state index in [-0.39, 0.29) is 48.2 Å². The van der Waals surface area contributed by atoms with Gasteiger partial charge in [0.15, 0.2) is 0 Å². The number of aryl methyl sites for hydroxylation is 1. The summed E-state index contributed by atoms with van der Waals surface area (Å²) in [5, 5.41) is 12.7. The molecule has 0 aromatic heterocycles. The van der Waals surface area contributed by atoms with Crippen molar-refractivity contribution in [1.29, 1.82) is 0 Å². The number of urea groups is 1. The molecule has 0 bridgehead atoms. The monoisotopic (exact) mass is 658 g/mol. The van der Waals surface area contributed by atoms with Crippen molar-refractivity contribution in [2.45, 2.75) is 76.6 Å². The number of amides is 4. The molecule has 4 N–H and O–H groups in total. The Morgan fingerprint density at radius 1 is 1.00 bits per heavy atom. The van der Waals surface area contributed by atoms with Gasteiger partial charge in [0.2, 0.25) is 5.91 Å². The molecule has 0 spiro atoms. The molecule has 4 rings (SSSR count). The van der Waals surface area contributed by atoms with E-state index in [1.165, 1.54) is 0 Å². The predicted octanol–water partition coefficient (Wildman–Crippen LogP) is 5.97. The summed E-state index contributed by atoms with van der Waals surface area (Å²) in [4.78, 5) is 49.2. The molecule has 244 valence electrons. The molecule has 0 radical (unpaired) electrons. The minimum absolute atomic E-state index is 0.0691. The van der Waals surface area contributed by atoms with Gasteiger partial charge in [0, 0.05) is 52.6 Å².